The van der Waals surface area contributed by atoms with Crippen LogP contribution in [-0.2, 0) is 11.0 Å². The number of amides is 1. The van der Waals surface area contributed by atoms with E-state index in [9.17, 15) is 18.0 Å². The molecule has 0 saturated heterocycles. The van der Waals surface area contributed by atoms with Crippen LogP contribution in [0.15, 0.2) is 51.2 Å². The number of halogens is 3. The first kappa shape index (κ1) is 17.7. The number of carbonyl (C=O) groups excluding carboxylic acids is 1. The highest BCUT2D eigenvalue weighted by molar-refractivity contribution is 5.98. The minimum atomic E-state index is -4.69. The molecule has 2 heterocycles. The summed E-state index contributed by atoms with van der Waals surface area (Å²) in [6.45, 7) is 8.38. The third-order valence-corrected chi connectivity index (χ3v) is 4.05. The lowest BCUT2D eigenvalue weighted by molar-refractivity contribution is -0.136. The minimum Gasteiger partial charge on any atom is -0.467 e. The van der Waals surface area contributed by atoms with Crippen LogP contribution in [0.1, 0.15) is 30.7 Å². The predicted molar refractivity (Wildman–Crippen MR) is 85.7 cm³/mol. The molecule has 0 aliphatic carbocycles. The molecule has 134 valence electrons. The van der Waals surface area contributed by atoms with Gasteiger partial charge in [-0.25, -0.2) is 4.85 Å². The van der Waals surface area contributed by atoms with Gasteiger partial charge in [0.2, 0.25) is 0 Å². The fourth-order valence-corrected chi connectivity index (χ4v) is 2.64. The Kier molecular flexibility index (Phi) is 4.28. The lowest BCUT2D eigenvalue weighted by Crippen LogP contribution is -2.37. The SMILES string of the molecule is [C-]#[N+]c1ccc(NC(=O)C2(C)CC(c3ccco3)N=N2)cc1C(F)(F)F. The molecule has 1 aliphatic heterocycles. The molecule has 0 saturated carbocycles. The van der Waals surface area contributed by atoms with Crippen molar-refractivity contribution >= 4 is 17.3 Å². The summed E-state index contributed by atoms with van der Waals surface area (Å²) in [4.78, 5) is 15.4. The van der Waals surface area contributed by atoms with Crippen LogP contribution in [0.4, 0.5) is 24.5 Å². The minimum absolute atomic E-state index is 0.0624. The van der Waals surface area contributed by atoms with Crippen molar-refractivity contribution in [1.82, 2.24) is 0 Å². The van der Waals surface area contributed by atoms with Gasteiger partial charge < -0.3 is 9.73 Å². The van der Waals surface area contributed by atoms with Crippen molar-refractivity contribution in [3.63, 3.8) is 0 Å². The van der Waals surface area contributed by atoms with Crippen LogP contribution < -0.4 is 5.32 Å². The molecule has 1 amide bonds. The van der Waals surface area contributed by atoms with Crippen LogP contribution in [0.3, 0.4) is 0 Å². The molecule has 2 unspecified atom stereocenters. The summed E-state index contributed by atoms with van der Waals surface area (Å²) in [5, 5.41) is 10.4. The molecule has 3 rings (SSSR count). The molecule has 0 radical (unpaired) electrons. The summed E-state index contributed by atoms with van der Waals surface area (Å²) in [6.07, 6.45) is -2.97. The zero-order chi connectivity index (χ0) is 18.9. The van der Waals surface area contributed by atoms with E-state index in [-0.39, 0.29) is 12.1 Å². The van der Waals surface area contributed by atoms with Gasteiger partial charge in [0.15, 0.2) is 11.2 Å². The van der Waals surface area contributed by atoms with Crippen LogP contribution in [0.25, 0.3) is 4.85 Å². The molecule has 2 atom stereocenters. The number of nitrogens with one attached hydrogen (secondary N) is 1. The standard InChI is InChI=1S/C17H13F3N4O2/c1-16(9-13(23-24-16)14-4-3-7-26-14)15(25)22-10-5-6-12(21-2)11(8-10)17(18,19)20/h3-8,13H,9H2,1H3,(H,22,25). The Bertz CT molecular complexity index is 900. The van der Waals surface area contributed by atoms with Gasteiger partial charge in [0.25, 0.3) is 5.91 Å². The molecule has 2 aromatic rings. The Balaban J connectivity index is 1.78. The lowest BCUT2D eigenvalue weighted by Gasteiger charge is -2.19. The monoisotopic (exact) mass is 362 g/mol. The number of nitrogens with zero attached hydrogens (tertiary/aromatic N) is 3. The summed E-state index contributed by atoms with van der Waals surface area (Å²) in [6, 6.07) is 6.00. The first-order valence-electron chi connectivity index (χ1n) is 7.58. The van der Waals surface area contributed by atoms with Crippen molar-refractivity contribution in [2.24, 2.45) is 10.2 Å². The zero-order valence-electron chi connectivity index (χ0n) is 13.5. The van der Waals surface area contributed by atoms with Gasteiger partial charge in [-0.2, -0.15) is 23.4 Å². The number of hydrogen-bond acceptors (Lipinski definition) is 4. The van der Waals surface area contributed by atoms with Crippen molar-refractivity contribution in [2.75, 3.05) is 5.32 Å². The van der Waals surface area contributed by atoms with E-state index < -0.39 is 34.9 Å². The van der Waals surface area contributed by atoms with E-state index in [2.05, 4.69) is 20.4 Å². The Hall–Kier alpha value is -3.15. The van der Waals surface area contributed by atoms with E-state index in [1.54, 1.807) is 19.1 Å². The number of azo groups is 1. The van der Waals surface area contributed by atoms with Crippen molar-refractivity contribution < 1.29 is 22.4 Å². The van der Waals surface area contributed by atoms with Gasteiger partial charge >= 0.3 is 6.18 Å². The number of alkyl halides is 3. The van der Waals surface area contributed by atoms with Gasteiger partial charge in [-0.15, -0.1) is 0 Å². The van der Waals surface area contributed by atoms with Crippen LogP contribution in [0.2, 0.25) is 0 Å². The van der Waals surface area contributed by atoms with Crippen molar-refractivity contribution in [2.45, 2.75) is 31.1 Å². The molecule has 0 fully saturated rings. The molecule has 1 N–H and O–H groups in total. The number of furan rings is 1. The van der Waals surface area contributed by atoms with E-state index in [0.717, 1.165) is 12.1 Å². The van der Waals surface area contributed by atoms with Gasteiger partial charge in [0.1, 0.15) is 11.8 Å². The molecule has 9 heteroatoms. The Morgan fingerprint density at radius 1 is 1.42 bits per heavy atom. The second-order valence-corrected chi connectivity index (χ2v) is 6.02. The highest BCUT2D eigenvalue weighted by Crippen LogP contribution is 2.40. The smallest absolute Gasteiger partial charge is 0.407 e. The third-order valence-electron chi connectivity index (χ3n) is 4.05. The Morgan fingerprint density at radius 3 is 2.81 bits per heavy atom. The summed E-state index contributed by atoms with van der Waals surface area (Å²) >= 11 is 0. The van der Waals surface area contributed by atoms with Crippen LogP contribution >= 0.6 is 0 Å². The molecule has 6 nitrogen and oxygen atoms in total. The second kappa shape index (κ2) is 6.29. The third kappa shape index (κ3) is 3.31. The van der Waals surface area contributed by atoms with E-state index in [1.165, 1.54) is 12.3 Å². The van der Waals surface area contributed by atoms with Gasteiger partial charge in [-0.1, -0.05) is 6.07 Å². The second-order valence-electron chi connectivity index (χ2n) is 6.02. The quantitative estimate of drug-likeness (QED) is 0.768. The highest BCUT2D eigenvalue weighted by Gasteiger charge is 2.42. The topological polar surface area (TPSA) is 71.3 Å². The Labute approximate surface area is 146 Å². The molecule has 26 heavy (non-hydrogen) atoms. The maximum absolute atomic E-state index is 13.0. The fourth-order valence-electron chi connectivity index (χ4n) is 2.64. The number of benzene rings is 1. The van der Waals surface area contributed by atoms with E-state index >= 15 is 0 Å². The number of hydrogen-bond donors (Lipinski definition) is 1. The molecular weight excluding hydrogens is 349 g/mol. The maximum atomic E-state index is 13.0. The van der Waals surface area contributed by atoms with Gasteiger partial charge in [-0.3, -0.25) is 4.79 Å². The number of rotatable bonds is 3. The first-order chi connectivity index (χ1) is 12.2. The van der Waals surface area contributed by atoms with Crippen molar-refractivity contribution in [1.29, 1.82) is 0 Å². The van der Waals surface area contributed by atoms with E-state index in [4.69, 9.17) is 11.0 Å². The summed E-state index contributed by atoms with van der Waals surface area (Å²) < 4.78 is 44.4. The van der Waals surface area contributed by atoms with Gasteiger partial charge in [0, 0.05) is 12.1 Å². The molecule has 0 bridgehead atoms. The van der Waals surface area contributed by atoms with E-state index in [0.29, 0.717) is 5.76 Å². The summed E-state index contributed by atoms with van der Waals surface area (Å²) in [5.41, 5.74) is -2.92. The largest absolute Gasteiger partial charge is 0.467 e. The fraction of sp³-hybridized carbons (Fsp3) is 0.294. The van der Waals surface area contributed by atoms with E-state index in [1.807, 2.05) is 0 Å². The molecule has 0 spiro atoms. The predicted octanol–water partition coefficient (Wildman–Crippen LogP) is 5.14. The molecule has 1 aliphatic rings. The van der Waals surface area contributed by atoms with Crippen LogP contribution in [-0.4, -0.2) is 11.4 Å². The summed E-state index contributed by atoms with van der Waals surface area (Å²) in [7, 11) is 0. The lowest BCUT2D eigenvalue weighted by atomic mass is 9.93. The molecule has 1 aromatic carbocycles. The zero-order valence-corrected chi connectivity index (χ0v) is 13.5. The highest BCUT2D eigenvalue weighted by atomic mass is 19.4. The molecular formula is C17H13F3N4O2. The van der Waals surface area contributed by atoms with Gasteiger partial charge in [-0.05, 0) is 31.2 Å². The van der Waals surface area contributed by atoms with Gasteiger partial charge in [0.05, 0.1) is 18.4 Å². The Morgan fingerprint density at radius 2 is 2.19 bits per heavy atom. The van der Waals surface area contributed by atoms with Crippen molar-refractivity contribution in [3.05, 3.63) is 59.3 Å². The normalized spacial score (nSPS) is 22.2. The number of carbonyl (C=O) groups is 1. The average molecular weight is 362 g/mol. The number of anilines is 1. The maximum Gasteiger partial charge on any atom is 0.407 e. The first-order valence-corrected chi connectivity index (χ1v) is 7.58. The molecule has 1 aromatic heterocycles. The van der Waals surface area contributed by atoms with Crippen molar-refractivity contribution in [3.8, 4) is 0 Å². The van der Waals surface area contributed by atoms with Crippen LogP contribution in [0.5, 0.6) is 0 Å². The van der Waals surface area contributed by atoms with Crippen LogP contribution in [0, 0.1) is 6.57 Å². The summed E-state index contributed by atoms with van der Waals surface area (Å²) in [5.74, 6) is -0.0231. The average Bonchev–Trinajstić information content (AvgIpc) is 3.24.